The summed E-state index contributed by atoms with van der Waals surface area (Å²) in [5.41, 5.74) is -0.770. The monoisotopic (exact) mass is 275 g/mol. The molecule has 0 aliphatic rings. The number of aliphatic hydroxyl groups is 1. The Labute approximate surface area is 109 Å². The van der Waals surface area contributed by atoms with Crippen LogP contribution >= 0.6 is 0 Å². The standard InChI is InChI=1S/C13H16F3NO2/c1-8(2)17(4-3-5-18)13(19)12-10(15)6-9(14)7-11(12)16/h6-8,18H,3-5H2,1-2H3. The van der Waals surface area contributed by atoms with Crippen molar-refractivity contribution in [2.24, 2.45) is 0 Å². The molecule has 1 amide bonds. The molecule has 1 rings (SSSR count). The molecule has 0 atom stereocenters. The molecule has 0 aromatic heterocycles. The predicted octanol–water partition coefficient (Wildman–Crippen LogP) is 2.34. The van der Waals surface area contributed by atoms with Gasteiger partial charge in [0.15, 0.2) is 0 Å². The maximum Gasteiger partial charge on any atom is 0.260 e. The van der Waals surface area contributed by atoms with Gasteiger partial charge in [-0.3, -0.25) is 4.79 Å². The molecule has 106 valence electrons. The molecule has 0 fully saturated rings. The summed E-state index contributed by atoms with van der Waals surface area (Å²) in [6.45, 7) is 3.41. The zero-order valence-electron chi connectivity index (χ0n) is 10.8. The number of carbonyl (C=O) groups excluding carboxylic acids is 1. The van der Waals surface area contributed by atoms with E-state index in [1.807, 2.05) is 0 Å². The molecule has 0 aliphatic heterocycles. The summed E-state index contributed by atoms with van der Waals surface area (Å²) >= 11 is 0. The molecule has 1 aromatic carbocycles. The van der Waals surface area contributed by atoms with Gasteiger partial charge in [-0.15, -0.1) is 0 Å². The molecule has 0 heterocycles. The predicted molar refractivity (Wildman–Crippen MR) is 64.2 cm³/mol. The minimum Gasteiger partial charge on any atom is -0.396 e. The molecule has 0 aliphatic carbocycles. The van der Waals surface area contributed by atoms with E-state index >= 15 is 0 Å². The Morgan fingerprint density at radius 3 is 2.21 bits per heavy atom. The van der Waals surface area contributed by atoms with E-state index in [4.69, 9.17) is 5.11 Å². The van der Waals surface area contributed by atoms with E-state index in [-0.39, 0.29) is 19.2 Å². The second kappa shape index (κ2) is 6.56. The number of nitrogens with zero attached hydrogens (tertiary/aromatic N) is 1. The second-order valence-corrected chi connectivity index (χ2v) is 4.41. The minimum absolute atomic E-state index is 0.134. The van der Waals surface area contributed by atoms with Crippen LogP contribution in [0.25, 0.3) is 0 Å². The van der Waals surface area contributed by atoms with Gasteiger partial charge in [-0.1, -0.05) is 0 Å². The third-order valence-electron chi connectivity index (χ3n) is 2.66. The molecule has 1 aromatic rings. The molecule has 1 N–H and O–H groups in total. The first-order valence-electron chi connectivity index (χ1n) is 5.94. The van der Waals surface area contributed by atoms with Crippen LogP contribution in [0.1, 0.15) is 30.6 Å². The summed E-state index contributed by atoms with van der Waals surface area (Å²) < 4.78 is 39.9. The SMILES string of the molecule is CC(C)N(CCCO)C(=O)c1c(F)cc(F)cc1F. The Morgan fingerprint density at radius 2 is 1.79 bits per heavy atom. The van der Waals surface area contributed by atoms with Crippen molar-refractivity contribution >= 4 is 5.91 Å². The fourth-order valence-electron chi connectivity index (χ4n) is 1.73. The molecule has 3 nitrogen and oxygen atoms in total. The number of aliphatic hydroxyl groups excluding tert-OH is 1. The first kappa shape index (κ1) is 15.5. The summed E-state index contributed by atoms with van der Waals surface area (Å²) in [6.07, 6.45) is 0.300. The van der Waals surface area contributed by atoms with Gasteiger partial charge in [-0.2, -0.15) is 0 Å². The lowest BCUT2D eigenvalue weighted by Crippen LogP contribution is -2.39. The van der Waals surface area contributed by atoms with Gasteiger partial charge in [0.1, 0.15) is 23.0 Å². The van der Waals surface area contributed by atoms with Gasteiger partial charge in [0.25, 0.3) is 5.91 Å². The van der Waals surface area contributed by atoms with Crippen LogP contribution in [-0.2, 0) is 0 Å². The molecular weight excluding hydrogens is 259 g/mol. The highest BCUT2D eigenvalue weighted by Crippen LogP contribution is 2.18. The third kappa shape index (κ3) is 3.70. The average Bonchev–Trinajstić information content (AvgIpc) is 2.27. The van der Waals surface area contributed by atoms with Crippen LogP contribution in [0, 0.1) is 17.5 Å². The zero-order valence-corrected chi connectivity index (χ0v) is 10.8. The fraction of sp³-hybridized carbons (Fsp3) is 0.462. The maximum atomic E-state index is 13.5. The summed E-state index contributed by atoms with van der Waals surface area (Å²) in [5.74, 6) is -4.37. The lowest BCUT2D eigenvalue weighted by Gasteiger charge is -2.27. The fourth-order valence-corrected chi connectivity index (χ4v) is 1.73. The number of hydrogen-bond acceptors (Lipinski definition) is 2. The van der Waals surface area contributed by atoms with Gasteiger partial charge < -0.3 is 10.0 Å². The van der Waals surface area contributed by atoms with Gasteiger partial charge in [0, 0.05) is 31.3 Å². The minimum atomic E-state index is -1.22. The molecule has 6 heteroatoms. The van der Waals surface area contributed by atoms with Crippen molar-refractivity contribution in [3.8, 4) is 0 Å². The van der Waals surface area contributed by atoms with Crippen LogP contribution in [-0.4, -0.2) is 35.1 Å². The van der Waals surface area contributed by atoms with Crippen molar-refractivity contribution < 1.29 is 23.1 Å². The number of rotatable bonds is 5. The van der Waals surface area contributed by atoms with Crippen molar-refractivity contribution in [3.63, 3.8) is 0 Å². The molecule has 0 saturated heterocycles. The van der Waals surface area contributed by atoms with Gasteiger partial charge in [0.2, 0.25) is 0 Å². The highest BCUT2D eigenvalue weighted by molar-refractivity contribution is 5.95. The number of carbonyl (C=O) groups is 1. The van der Waals surface area contributed by atoms with Crippen molar-refractivity contribution in [3.05, 3.63) is 35.1 Å². The van der Waals surface area contributed by atoms with Gasteiger partial charge in [-0.25, -0.2) is 13.2 Å². The van der Waals surface area contributed by atoms with Crippen LogP contribution in [0.2, 0.25) is 0 Å². The number of benzene rings is 1. The van der Waals surface area contributed by atoms with Crippen molar-refractivity contribution in [2.75, 3.05) is 13.2 Å². The Bertz CT molecular complexity index is 440. The van der Waals surface area contributed by atoms with E-state index in [9.17, 15) is 18.0 Å². The summed E-state index contributed by atoms with van der Waals surface area (Å²) in [4.78, 5) is 13.3. The number of amides is 1. The Morgan fingerprint density at radius 1 is 1.26 bits per heavy atom. The molecule has 0 radical (unpaired) electrons. The van der Waals surface area contributed by atoms with Crippen LogP contribution in [0.15, 0.2) is 12.1 Å². The lowest BCUT2D eigenvalue weighted by atomic mass is 10.1. The Kier molecular flexibility index (Phi) is 5.35. The van der Waals surface area contributed by atoms with Gasteiger partial charge in [0.05, 0.1) is 0 Å². The lowest BCUT2D eigenvalue weighted by molar-refractivity contribution is 0.0683. The summed E-state index contributed by atoms with van der Waals surface area (Å²) in [7, 11) is 0. The molecular formula is C13H16F3NO2. The van der Waals surface area contributed by atoms with E-state index in [0.29, 0.717) is 18.6 Å². The van der Waals surface area contributed by atoms with E-state index in [1.165, 1.54) is 4.90 Å². The number of halogens is 3. The maximum absolute atomic E-state index is 13.5. The average molecular weight is 275 g/mol. The summed E-state index contributed by atoms with van der Waals surface area (Å²) in [5, 5.41) is 8.76. The van der Waals surface area contributed by atoms with Crippen molar-refractivity contribution in [2.45, 2.75) is 26.3 Å². The highest BCUT2D eigenvalue weighted by Gasteiger charge is 2.25. The van der Waals surface area contributed by atoms with Gasteiger partial charge in [-0.05, 0) is 20.3 Å². The zero-order chi connectivity index (χ0) is 14.6. The van der Waals surface area contributed by atoms with Crippen LogP contribution < -0.4 is 0 Å². The van der Waals surface area contributed by atoms with E-state index in [1.54, 1.807) is 13.8 Å². The topological polar surface area (TPSA) is 40.5 Å². The normalized spacial score (nSPS) is 10.9. The van der Waals surface area contributed by atoms with Crippen molar-refractivity contribution in [1.29, 1.82) is 0 Å². The van der Waals surface area contributed by atoms with E-state index < -0.39 is 28.9 Å². The van der Waals surface area contributed by atoms with Crippen LogP contribution in [0.3, 0.4) is 0 Å². The van der Waals surface area contributed by atoms with Crippen LogP contribution in [0.4, 0.5) is 13.2 Å². The molecule has 0 spiro atoms. The highest BCUT2D eigenvalue weighted by atomic mass is 19.1. The molecule has 0 bridgehead atoms. The molecule has 0 unspecified atom stereocenters. The largest absolute Gasteiger partial charge is 0.396 e. The molecule has 0 saturated carbocycles. The third-order valence-corrected chi connectivity index (χ3v) is 2.66. The van der Waals surface area contributed by atoms with Crippen LogP contribution in [0.5, 0.6) is 0 Å². The van der Waals surface area contributed by atoms with Gasteiger partial charge >= 0.3 is 0 Å². The quantitative estimate of drug-likeness (QED) is 0.896. The van der Waals surface area contributed by atoms with E-state index in [0.717, 1.165) is 0 Å². The Hall–Kier alpha value is -1.56. The summed E-state index contributed by atoms with van der Waals surface area (Å²) in [6, 6.07) is 0.657. The Balaban J connectivity index is 3.09. The number of hydrogen-bond donors (Lipinski definition) is 1. The first-order chi connectivity index (χ1) is 8.88. The van der Waals surface area contributed by atoms with Crippen molar-refractivity contribution in [1.82, 2.24) is 4.90 Å². The van der Waals surface area contributed by atoms with E-state index in [2.05, 4.69) is 0 Å². The first-order valence-corrected chi connectivity index (χ1v) is 5.94. The molecule has 19 heavy (non-hydrogen) atoms. The second-order valence-electron chi connectivity index (χ2n) is 4.41. The smallest absolute Gasteiger partial charge is 0.260 e.